The lowest BCUT2D eigenvalue weighted by Gasteiger charge is -2.35. The molecule has 1 aromatic heterocycles. The third-order valence-corrected chi connectivity index (χ3v) is 7.03. The summed E-state index contributed by atoms with van der Waals surface area (Å²) in [6.07, 6.45) is 6.69. The number of hydrogen-bond acceptors (Lipinski definition) is 5. The van der Waals surface area contributed by atoms with E-state index in [-0.39, 0.29) is 17.4 Å². The van der Waals surface area contributed by atoms with E-state index in [1.165, 1.54) is 7.11 Å². The van der Waals surface area contributed by atoms with Gasteiger partial charge in [0.15, 0.2) is 0 Å². The van der Waals surface area contributed by atoms with Crippen LogP contribution in [0, 0.1) is 0 Å². The van der Waals surface area contributed by atoms with Gasteiger partial charge < -0.3 is 24.5 Å². The molecule has 7 heteroatoms. The Balaban J connectivity index is 1.73. The van der Waals surface area contributed by atoms with Gasteiger partial charge in [0.05, 0.1) is 31.4 Å². The fourth-order valence-corrected chi connectivity index (χ4v) is 5.35. The zero-order valence-electron chi connectivity index (χ0n) is 19.3. The standard InChI is InChI=1S/C27H28N2O5/c1-33-17-12-13-19(22(14-17)34-2)25(30)23-24(20-15-28-21-11-7-6-10-18(20)21)29(27(32)26(23)31)16-8-4-3-5-9-16/h6-7,10-16,24,28,30H,3-5,8-9H2,1-2H3/b25-23+. The SMILES string of the molecule is COc1ccc(/C(O)=C2\C(=O)C(=O)N(C3CCCCC3)C2c2c[nH]c3ccccc23)c(OC)c1. The van der Waals surface area contributed by atoms with E-state index in [0.717, 1.165) is 48.6 Å². The van der Waals surface area contributed by atoms with E-state index in [0.29, 0.717) is 17.1 Å². The average molecular weight is 461 g/mol. The van der Waals surface area contributed by atoms with Crippen molar-refractivity contribution in [2.24, 2.45) is 0 Å². The summed E-state index contributed by atoms with van der Waals surface area (Å²) in [6.45, 7) is 0. The number of aromatic nitrogens is 1. The third kappa shape index (κ3) is 3.52. The number of fused-ring (bicyclic) bond motifs is 1. The number of ketones is 1. The summed E-state index contributed by atoms with van der Waals surface area (Å²) < 4.78 is 10.7. The Morgan fingerprint density at radius 2 is 1.79 bits per heavy atom. The molecule has 2 fully saturated rings. The van der Waals surface area contributed by atoms with Gasteiger partial charge in [-0.25, -0.2) is 0 Å². The van der Waals surface area contributed by atoms with Crippen molar-refractivity contribution in [2.75, 3.05) is 14.2 Å². The molecule has 1 atom stereocenters. The van der Waals surface area contributed by atoms with Crippen LogP contribution in [0.4, 0.5) is 0 Å². The number of nitrogens with zero attached hydrogens (tertiary/aromatic N) is 1. The summed E-state index contributed by atoms with van der Waals surface area (Å²) in [4.78, 5) is 31.8. The second-order valence-electron chi connectivity index (χ2n) is 8.85. The predicted octanol–water partition coefficient (Wildman–Crippen LogP) is 4.94. The van der Waals surface area contributed by atoms with E-state index in [1.807, 2.05) is 30.5 Å². The average Bonchev–Trinajstić information content (AvgIpc) is 3.42. The van der Waals surface area contributed by atoms with Crippen molar-refractivity contribution >= 4 is 28.4 Å². The quantitative estimate of drug-likeness (QED) is 0.320. The number of likely N-dealkylation sites (tertiary alicyclic amines) is 1. The molecule has 34 heavy (non-hydrogen) atoms. The zero-order valence-corrected chi connectivity index (χ0v) is 19.3. The van der Waals surface area contributed by atoms with Crippen LogP contribution < -0.4 is 9.47 Å². The van der Waals surface area contributed by atoms with Crippen molar-refractivity contribution in [3.63, 3.8) is 0 Å². The van der Waals surface area contributed by atoms with E-state index in [9.17, 15) is 14.7 Å². The van der Waals surface area contributed by atoms with Gasteiger partial charge in [-0.2, -0.15) is 0 Å². The number of rotatable bonds is 5. The Kier molecular flexibility index (Phi) is 5.77. The van der Waals surface area contributed by atoms with Crippen LogP contribution in [0.2, 0.25) is 0 Å². The van der Waals surface area contributed by atoms with E-state index in [4.69, 9.17) is 9.47 Å². The van der Waals surface area contributed by atoms with Crippen LogP contribution in [-0.4, -0.2) is 46.9 Å². The van der Waals surface area contributed by atoms with Gasteiger partial charge in [0, 0.05) is 34.8 Å². The molecular weight excluding hydrogens is 432 g/mol. The van der Waals surface area contributed by atoms with Crippen molar-refractivity contribution < 1.29 is 24.2 Å². The summed E-state index contributed by atoms with van der Waals surface area (Å²) in [6, 6.07) is 12.0. The van der Waals surface area contributed by atoms with E-state index in [1.54, 1.807) is 30.2 Å². The number of amides is 1. The number of methoxy groups -OCH3 is 2. The summed E-state index contributed by atoms with van der Waals surface area (Å²) in [7, 11) is 3.03. The van der Waals surface area contributed by atoms with Gasteiger partial charge in [0.25, 0.3) is 11.7 Å². The number of carbonyl (C=O) groups is 2. The lowest BCUT2D eigenvalue weighted by atomic mass is 9.90. The molecule has 0 radical (unpaired) electrons. The lowest BCUT2D eigenvalue weighted by molar-refractivity contribution is -0.141. The Bertz CT molecular complexity index is 1290. The number of H-pyrrole nitrogens is 1. The van der Waals surface area contributed by atoms with Gasteiger partial charge in [0.2, 0.25) is 0 Å². The van der Waals surface area contributed by atoms with Gasteiger partial charge in [-0.3, -0.25) is 9.59 Å². The van der Waals surface area contributed by atoms with Crippen LogP contribution in [-0.2, 0) is 9.59 Å². The van der Waals surface area contributed by atoms with Crippen LogP contribution in [0.1, 0.15) is 49.3 Å². The highest BCUT2D eigenvalue weighted by Gasteiger charge is 2.49. The highest BCUT2D eigenvalue weighted by Crippen LogP contribution is 2.46. The maximum Gasteiger partial charge on any atom is 0.295 e. The van der Waals surface area contributed by atoms with Crippen LogP contribution in [0.25, 0.3) is 16.7 Å². The summed E-state index contributed by atoms with van der Waals surface area (Å²) in [5.74, 6) is -0.554. The molecule has 2 heterocycles. The van der Waals surface area contributed by atoms with Crippen LogP contribution in [0.5, 0.6) is 11.5 Å². The van der Waals surface area contributed by atoms with E-state index < -0.39 is 17.7 Å². The number of benzene rings is 2. The number of aromatic amines is 1. The minimum Gasteiger partial charge on any atom is -0.507 e. The van der Waals surface area contributed by atoms with Gasteiger partial charge in [0.1, 0.15) is 17.3 Å². The smallest absolute Gasteiger partial charge is 0.295 e. The molecule has 176 valence electrons. The number of nitrogens with one attached hydrogen (secondary N) is 1. The number of carbonyl (C=O) groups excluding carboxylic acids is 2. The summed E-state index contributed by atoms with van der Waals surface area (Å²) in [5, 5.41) is 12.4. The Morgan fingerprint density at radius 1 is 1.03 bits per heavy atom. The molecule has 5 rings (SSSR count). The van der Waals surface area contributed by atoms with Gasteiger partial charge >= 0.3 is 0 Å². The lowest BCUT2D eigenvalue weighted by Crippen LogP contribution is -2.40. The maximum absolute atomic E-state index is 13.5. The van der Waals surface area contributed by atoms with Gasteiger partial charge in [-0.15, -0.1) is 0 Å². The molecule has 1 aliphatic heterocycles. The van der Waals surface area contributed by atoms with Crippen molar-refractivity contribution in [2.45, 2.75) is 44.2 Å². The van der Waals surface area contributed by atoms with E-state index >= 15 is 0 Å². The molecule has 2 aliphatic rings. The monoisotopic (exact) mass is 460 g/mol. The summed E-state index contributed by atoms with van der Waals surface area (Å²) >= 11 is 0. The molecule has 1 amide bonds. The van der Waals surface area contributed by atoms with Crippen molar-refractivity contribution in [3.8, 4) is 11.5 Å². The maximum atomic E-state index is 13.5. The number of aliphatic hydroxyl groups is 1. The molecule has 2 aromatic carbocycles. The minimum absolute atomic E-state index is 0.0491. The highest BCUT2D eigenvalue weighted by molar-refractivity contribution is 6.46. The van der Waals surface area contributed by atoms with Crippen LogP contribution in [0.3, 0.4) is 0 Å². The number of Topliss-reactive ketones (excluding diaryl/α,β-unsaturated/α-hetero) is 1. The first-order chi connectivity index (χ1) is 16.5. The zero-order chi connectivity index (χ0) is 23.8. The first-order valence-electron chi connectivity index (χ1n) is 11.6. The topological polar surface area (TPSA) is 91.9 Å². The second kappa shape index (κ2) is 8.89. The Morgan fingerprint density at radius 3 is 2.53 bits per heavy atom. The molecule has 0 bridgehead atoms. The fraction of sp³-hybridized carbons (Fsp3) is 0.333. The summed E-state index contributed by atoms with van der Waals surface area (Å²) in [5.41, 5.74) is 2.14. The Hall–Kier alpha value is -3.74. The number of ether oxygens (including phenoxy) is 2. The van der Waals surface area contributed by atoms with Crippen LogP contribution >= 0.6 is 0 Å². The third-order valence-electron chi connectivity index (χ3n) is 7.03. The van der Waals surface area contributed by atoms with Crippen LogP contribution in [0.15, 0.2) is 54.2 Å². The fourth-order valence-electron chi connectivity index (χ4n) is 5.35. The molecule has 2 N–H and O–H groups in total. The molecular formula is C27H28N2O5. The molecule has 3 aromatic rings. The first-order valence-corrected chi connectivity index (χ1v) is 11.6. The minimum atomic E-state index is -0.689. The molecule has 1 saturated carbocycles. The molecule has 7 nitrogen and oxygen atoms in total. The number of hydrogen-bond donors (Lipinski definition) is 2. The Labute approximate surface area is 198 Å². The molecule has 1 unspecified atom stereocenters. The molecule has 1 saturated heterocycles. The van der Waals surface area contributed by atoms with E-state index in [2.05, 4.69) is 4.98 Å². The molecule has 1 aliphatic carbocycles. The van der Waals surface area contributed by atoms with Gasteiger partial charge in [-0.1, -0.05) is 37.5 Å². The van der Waals surface area contributed by atoms with Crippen molar-refractivity contribution in [1.29, 1.82) is 0 Å². The van der Waals surface area contributed by atoms with Crippen molar-refractivity contribution in [3.05, 3.63) is 65.4 Å². The normalized spacial score (nSPS) is 20.8. The highest BCUT2D eigenvalue weighted by atomic mass is 16.5. The number of para-hydroxylation sites is 1. The number of aliphatic hydroxyl groups excluding tert-OH is 1. The largest absolute Gasteiger partial charge is 0.507 e. The second-order valence-corrected chi connectivity index (χ2v) is 8.85. The predicted molar refractivity (Wildman–Crippen MR) is 129 cm³/mol. The van der Waals surface area contributed by atoms with Crippen molar-refractivity contribution in [1.82, 2.24) is 9.88 Å². The van der Waals surface area contributed by atoms with Gasteiger partial charge in [-0.05, 0) is 31.0 Å². The first kappa shape index (κ1) is 22.1. The molecule has 0 spiro atoms.